The summed E-state index contributed by atoms with van der Waals surface area (Å²) in [5.74, 6) is 0.120. The number of hydrogen-bond acceptors (Lipinski definition) is 4. The lowest BCUT2D eigenvalue weighted by atomic mass is 10.1. The van der Waals surface area contributed by atoms with Crippen molar-refractivity contribution >= 4 is 38.9 Å². The van der Waals surface area contributed by atoms with Crippen LogP contribution in [0.1, 0.15) is 18.9 Å². The number of nitrogens with zero attached hydrogens (tertiary/aromatic N) is 1. The standard InChI is InChI=1S/C20H21Cl2NO4S/c1-14(27-19-9-5-4-8-18(19)22)20(24)23(16-10-11-28(25,26)13-16)12-15-6-2-3-7-17(15)21/h2-9,14,16H,10-13H2,1H3. The van der Waals surface area contributed by atoms with E-state index in [4.69, 9.17) is 27.9 Å². The first-order valence-corrected chi connectivity index (χ1v) is 11.5. The van der Waals surface area contributed by atoms with Crippen molar-refractivity contribution < 1.29 is 17.9 Å². The Kier molecular flexibility index (Phi) is 6.53. The van der Waals surface area contributed by atoms with E-state index in [1.807, 2.05) is 12.1 Å². The molecule has 2 aromatic rings. The van der Waals surface area contributed by atoms with Crippen LogP contribution in [0.2, 0.25) is 10.0 Å². The Morgan fingerprint density at radius 3 is 2.39 bits per heavy atom. The largest absolute Gasteiger partial charge is 0.479 e. The second kappa shape index (κ2) is 8.72. The highest BCUT2D eigenvalue weighted by Crippen LogP contribution is 2.27. The fourth-order valence-electron chi connectivity index (χ4n) is 3.23. The maximum Gasteiger partial charge on any atom is 0.263 e. The van der Waals surface area contributed by atoms with E-state index in [1.165, 1.54) is 0 Å². The van der Waals surface area contributed by atoms with Gasteiger partial charge in [0.05, 0.1) is 16.5 Å². The van der Waals surface area contributed by atoms with Gasteiger partial charge in [0.15, 0.2) is 15.9 Å². The number of amides is 1. The molecule has 8 heteroatoms. The molecule has 0 radical (unpaired) electrons. The third-order valence-corrected chi connectivity index (χ3v) is 7.15. The molecule has 2 unspecified atom stereocenters. The first kappa shape index (κ1) is 21.0. The van der Waals surface area contributed by atoms with Crippen LogP contribution in [0, 0.1) is 0 Å². The third-order valence-electron chi connectivity index (χ3n) is 4.72. The van der Waals surface area contributed by atoms with E-state index in [2.05, 4.69) is 0 Å². The van der Waals surface area contributed by atoms with Crippen LogP contribution in [-0.4, -0.2) is 42.9 Å². The zero-order valence-electron chi connectivity index (χ0n) is 15.3. The lowest BCUT2D eigenvalue weighted by Gasteiger charge is -2.31. The van der Waals surface area contributed by atoms with Crippen molar-refractivity contribution in [3.05, 3.63) is 64.1 Å². The number of ether oxygens (including phenoxy) is 1. The summed E-state index contributed by atoms with van der Waals surface area (Å²) in [5, 5.41) is 0.934. The highest BCUT2D eigenvalue weighted by molar-refractivity contribution is 7.91. The Balaban J connectivity index is 1.84. The van der Waals surface area contributed by atoms with Crippen LogP contribution in [0.3, 0.4) is 0 Å². The molecule has 1 fully saturated rings. The molecule has 1 saturated heterocycles. The van der Waals surface area contributed by atoms with Crippen LogP contribution in [-0.2, 0) is 21.2 Å². The average molecular weight is 442 g/mol. The maximum absolute atomic E-state index is 13.2. The molecular weight excluding hydrogens is 421 g/mol. The molecule has 1 heterocycles. The molecule has 3 rings (SSSR count). The second-order valence-corrected chi connectivity index (χ2v) is 9.85. The van der Waals surface area contributed by atoms with Crippen molar-refractivity contribution in [3.8, 4) is 5.75 Å². The monoisotopic (exact) mass is 441 g/mol. The van der Waals surface area contributed by atoms with Crippen molar-refractivity contribution in [2.45, 2.75) is 32.0 Å². The fraction of sp³-hybridized carbons (Fsp3) is 0.350. The number of rotatable bonds is 6. The van der Waals surface area contributed by atoms with Crippen LogP contribution in [0.25, 0.3) is 0 Å². The Hall–Kier alpha value is -1.76. The lowest BCUT2D eigenvalue weighted by molar-refractivity contribution is -0.140. The van der Waals surface area contributed by atoms with Gasteiger partial charge in [-0.05, 0) is 37.1 Å². The Labute approximate surface area is 175 Å². The molecule has 28 heavy (non-hydrogen) atoms. The molecule has 5 nitrogen and oxygen atoms in total. The van der Waals surface area contributed by atoms with Gasteiger partial charge in [-0.1, -0.05) is 53.5 Å². The van der Waals surface area contributed by atoms with Gasteiger partial charge < -0.3 is 9.64 Å². The number of hydrogen-bond donors (Lipinski definition) is 0. The number of para-hydroxylation sites is 1. The number of benzene rings is 2. The first-order chi connectivity index (χ1) is 13.3. The van der Waals surface area contributed by atoms with E-state index in [9.17, 15) is 13.2 Å². The molecule has 0 spiro atoms. The van der Waals surface area contributed by atoms with Crippen molar-refractivity contribution in [2.24, 2.45) is 0 Å². The minimum absolute atomic E-state index is 0.0536. The summed E-state index contributed by atoms with van der Waals surface area (Å²) in [7, 11) is -3.16. The maximum atomic E-state index is 13.2. The van der Waals surface area contributed by atoms with Crippen LogP contribution < -0.4 is 4.74 Å². The average Bonchev–Trinajstić information content (AvgIpc) is 3.02. The van der Waals surface area contributed by atoms with E-state index >= 15 is 0 Å². The van der Waals surface area contributed by atoms with Crippen molar-refractivity contribution in [3.63, 3.8) is 0 Å². The van der Waals surface area contributed by atoms with Gasteiger partial charge in [0.2, 0.25) is 0 Å². The van der Waals surface area contributed by atoms with Crippen LogP contribution in [0.4, 0.5) is 0 Å². The quantitative estimate of drug-likeness (QED) is 0.679. The van der Waals surface area contributed by atoms with Crippen LogP contribution in [0.15, 0.2) is 48.5 Å². The van der Waals surface area contributed by atoms with E-state index in [-0.39, 0.29) is 24.0 Å². The predicted molar refractivity (Wildman–Crippen MR) is 111 cm³/mol. The molecule has 2 atom stereocenters. The summed E-state index contributed by atoms with van der Waals surface area (Å²) in [6.07, 6.45) is -0.428. The summed E-state index contributed by atoms with van der Waals surface area (Å²) in [6, 6.07) is 13.7. The smallest absolute Gasteiger partial charge is 0.263 e. The zero-order valence-corrected chi connectivity index (χ0v) is 17.7. The molecule has 1 aliphatic heterocycles. The van der Waals surface area contributed by atoms with E-state index in [0.717, 1.165) is 5.56 Å². The Bertz CT molecular complexity index is 964. The van der Waals surface area contributed by atoms with Gasteiger partial charge in [-0.15, -0.1) is 0 Å². The highest BCUT2D eigenvalue weighted by atomic mass is 35.5. The van der Waals surface area contributed by atoms with Gasteiger partial charge in [-0.2, -0.15) is 0 Å². The fourth-order valence-corrected chi connectivity index (χ4v) is 5.34. The van der Waals surface area contributed by atoms with Crippen molar-refractivity contribution in [1.29, 1.82) is 0 Å². The van der Waals surface area contributed by atoms with Crippen LogP contribution in [0.5, 0.6) is 5.75 Å². The molecular formula is C20H21Cl2NO4S. The Morgan fingerprint density at radius 2 is 1.79 bits per heavy atom. The molecule has 1 amide bonds. The first-order valence-electron chi connectivity index (χ1n) is 8.92. The minimum atomic E-state index is -3.16. The predicted octanol–water partition coefficient (Wildman–Crippen LogP) is 3.98. The Morgan fingerprint density at radius 1 is 1.14 bits per heavy atom. The molecule has 1 aliphatic rings. The second-order valence-electron chi connectivity index (χ2n) is 6.80. The molecule has 2 aromatic carbocycles. The van der Waals surface area contributed by atoms with Gasteiger partial charge in [0, 0.05) is 17.6 Å². The number of sulfone groups is 1. The number of carbonyl (C=O) groups excluding carboxylic acids is 1. The summed E-state index contributed by atoms with van der Waals surface area (Å²) < 4.78 is 29.7. The van der Waals surface area contributed by atoms with Gasteiger partial charge >= 0.3 is 0 Å². The van der Waals surface area contributed by atoms with Gasteiger partial charge in [0.1, 0.15) is 5.75 Å². The van der Waals surface area contributed by atoms with Gasteiger partial charge in [0.25, 0.3) is 5.91 Å². The summed E-state index contributed by atoms with van der Waals surface area (Å²) in [4.78, 5) is 14.8. The molecule has 0 aliphatic carbocycles. The molecule has 150 valence electrons. The molecule has 0 bridgehead atoms. The summed E-state index contributed by atoms with van der Waals surface area (Å²) in [6.45, 7) is 1.85. The summed E-state index contributed by atoms with van der Waals surface area (Å²) in [5.41, 5.74) is 0.756. The SMILES string of the molecule is CC(Oc1ccccc1Cl)C(=O)N(Cc1ccccc1Cl)C1CCS(=O)(=O)C1. The normalized spacial score (nSPS) is 19.2. The third kappa shape index (κ3) is 4.99. The van der Waals surface area contributed by atoms with Gasteiger partial charge in [-0.25, -0.2) is 8.42 Å². The highest BCUT2D eigenvalue weighted by Gasteiger charge is 2.37. The van der Waals surface area contributed by atoms with Crippen LogP contribution >= 0.6 is 23.2 Å². The minimum Gasteiger partial charge on any atom is -0.479 e. The van der Waals surface area contributed by atoms with E-state index in [1.54, 1.807) is 48.2 Å². The lowest BCUT2D eigenvalue weighted by Crippen LogP contribution is -2.46. The van der Waals surface area contributed by atoms with Crippen molar-refractivity contribution in [1.82, 2.24) is 4.90 Å². The number of carbonyl (C=O) groups is 1. The summed E-state index contributed by atoms with van der Waals surface area (Å²) >= 11 is 12.4. The van der Waals surface area contributed by atoms with E-state index < -0.39 is 22.0 Å². The molecule has 0 N–H and O–H groups in total. The zero-order chi connectivity index (χ0) is 20.3. The molecule has 0 aromatic heterocycles. The van der Waals surface area contributed by atoms with Crippen molar-refractivity contribution in [2.75, 3.05) is 11.5 Å². The molecule has 0 saturated carbocycles. The number of halogens is 2. The topological polar surface area (TPSA) is 63.7 Å². The van der Waals surface area contributed by atoms with E-state index in [0.29, 0.717) is 22.2 Å². The van der Waals surface area contributed by atoms with Gasteiger partial charge in [-0.3, -0.25) is 4.79 Å².